The van der Waals surface area contributed by atoms with Gasteiger partial charge >= 0.3 is 0 Å². The molecule has 2 heterocycles. The molecule has 240 valence electrons. The Balaban J connectivity index is 1.26. The first-order valence-electron chi connectivity index (χ1n) is 17.8. The first kappa shape index (κ1) is 28.8. The predicted octanol–water partition coefficient (Wildman–Crippen LogP) is 13.9. The molecule has 0 radical (unpaired) electrons. The van der Waals surface area contributed by atoms with Crippen LogP contribution in [0, 0.1) is 0 Å². The van der Waals surface area contributed by atoms with Crippen molar-refractivity contribution in [3.63, 3.8) is 0 Å². The molecule has 1 aliphatic rings. The molecule has 0 saturated carbocycles. The highest BCUT2D eigenvalue weighted by Gasteiger charge is 2.35. The van der Waals surface area contributed by atoms with Gasteiger partial charge in [-0.05, 0) is 91.7 Å². The Morgan fingerprint density at radius 1 is 0.451 bits per heavy atom. The van der Waals surface area contributed by atoms with Crippen LogP contribution in [0.1, 0.15) is 25.0 Å². The summed E-state index contributed by atoms with van der Waals surface area (Å²) in [6.45, 7) is 4.75. The van der Waals surface area contributed by atoms with Gasteiger partial charge < -0.3 is 4.57 Å². The molecule has 51 heavy (non-hydrogen) atoms. The molecular weight excluding hydrogens is 635 g/mol. The van der Waals surface area contributed by atoms with Crippen LogP contribution in [0.15, 0.2) is 164 Å². The van der Waals surface area contributed by atoms with Crippen molar-refractivity contribution in [2.24, 2.45) is 0 Å². The van der Waals surface area contributed by atoms with Gasteiger partial charge in [0.25, 0.3) is 0 Å². The lowest BCUT2D eigenvalue weighted by Crippen LogP contribution is -2.15. The number of nitrogens with zero attached hydrogens (tertiary/aromatic N) is 1. The minimum Gasteiger partial charge on any atom is -0.308 e. The van der Waals surface area contributed by atoms with E-state index in [-0.39, 0.29) is 5.41 Å². The molecule has 0 N–H and O–H groups in total. The summed E-state index contributed by atoms with van der Waals surface area (Å²) in [6.07, 6.45) is 0. The highest BCUT2D eigenvalue weighted by molar-refractivity contribution is 7.27. The monoisotopic (exact) mass is 667 g/mol. The second kappa shape index (κ2) is 10.5. The quantitative estimate of drug-likeness (QED) is 0.177. The maximum atomic E-state index is 2.57. The van der Waals surface area contributed by atoms with Gasteiger partial charge in [0, 0.05) is 37.3 Å². The Bertz CT molecular complexity index is 3050. The molecular formula is C49H33NS. The minimum absolute atomic E-state index is 0.0860. The van der Waals surface area contributed by atoms with Crippen LogP contribution in [-0.2, 0) is 5.41 Å². The summed E-state index contributed by atoms with van der Waals surface area (Å²) >= 11 is 1.92. The zero-order valence-electron chi connectivity index (χ0n) is 28.4. The molecule has 0 aliphatic heterocycles. The van der Waals surface area contributed by atoms with Crippen LogP contribution in [0.25, 0.3) is 91.8 Å². The van der Waals surface area contributed by atoms with Crippen molar-refractivity contribution >= 4 is 64.1 Å². The zero-order chi connectivity index (χ0) is 33.8. The van der Waals surface area contributed by atoms with Gasteiger partial charge in [0.15, 0.2) is 0 Å². The normalized spacial score (nSPS) is 13.5. The van der Waals surface area contributed by atoms with E-state index in [0.717, 1.165) is 0 Å². The zero-order valence-corrected chi connectivity index (χ0v) is 29.3. The second-order valence-corrected chi connectivity index (χ2v) is 15.5. The topological polar surface area (TPSA) is 4.93 Å². The summed E-state index contributed by atoms with van der Waals surface area (Å²) in [6, 6.07) is 60.9. The Morgan fingerprint density at radius 3 is 1.94 bits per heavy atom. The van der Waals surface area contributed by atoms with Crippen LogP contribution in [0.2, 0.25) is 0 Å². The van der Waals surface area contributed by atoms with Crippen LogP contribution < -0.4 is 0 Å². The van der Waals surface area contributed by atoms with Gasteiger partial charge in [-0.3, -0.25) is 0 Å². The standard InChI is InChI=1S/C49H33NS/c1-49(2)41-21-10-8-17-35(41)36-25-24-34(29-42(36)49)50-43-26-23-33(32-16-12-15-31(27-32)30-13-4-3-5-14-30)28-40(43)45-37-18-6-7-19-38(37)46-39-20-9-11-22-44(39)51-48(46)47(45)50/h3-29H,1-2H3. The number of hydrogen-bond donors (Lipinski definition) is 0. The van der Waals surface area contributed by atoms with Crippen molar-refractivity contribution in [1.82, 2.24) is 4.57 Å². The van der Waals surface area contributed by atoms with E-state index in [1.807, 2.05) is 11.3 Å². The number of thiophene rings is 1. The average molecular weight is 668 g/mol. The smallest absolute Gasteiger partial charge is 0.0726 e. The lowest BCUT2D eigenvalue weighted by Gasteiger charge is -2.22. The van der Waals surface area contributed by atoms with Crippen molar-refractivity contribution in [1.29, 1.82) is 0 Å². The molecule has 0 saturated heterocycles. The van der Waals surface area contributed by atoms with E-state index in [1.165, 1.54) is 103 Å². The minimum atomic E-state index is -0.0860. The molecule has 0 amide bonds. The van der Waals surface area contributed by atoms with Crippen LogP contribution in [-0.4, -0.2) is 4.57 Å². The van der Waals surface area contributed by atoms with Crippen LogP contribution in [0.4, 0.5) is 0 Å². The lowest BCUT2D eigenvalue weighted by molar-refractivity contribution is 0.660. The van der Waals surface area contributed by atoms with Gasteiger partial charge in [-0.15, -0.1) is 11.3 Å². The Morgan fingerprint density at radius 2 is 1.10 bits per heavy atom. The summed E-state index contributed by atoms with van der Waals surface area (Å²) in [4.78, 5) is 0. The molecule has 0 atom stereocenters. The number of aromatic nitrogens is 1. The van der Waals surface area contributed by atoms with E-state index in [1.54, 1.807) is 0 Å². The maximum Gasteiger partial charge on any atom is 0.0726 e. The molecule has 0 spiro atoms. The van der Waals surface area contributed by atoms with E-state index in [4.69, 9.17) is 0 Å². The van der Waals surface area contributed by atoms with Crippen LogP contribution in [0.5, 0.6) is 0 Å². The fraction of sp³-hybridized carbons (Fsp3) is 0.0612. The molecule has 0 fully saturated rings. The first-order valence-corrected chi connectivity index (χ1v) is 18.6. The Labute approximate surface area is 300 Å². The highest BCUT2D eigenvalue weighted by Crippen LogP contribution is 2.51. The fourth-order valence-corrected chi connectivity index (χ4v) is 10.2. The number of fused-ring (bicyclic) bond motifs is 13. The van der Waals surface area contributed by atoms with Crippen molar-refractivity contribution in [2.45, 2.75) is 19.3 Å². The van der Waals surface area contributed by atoms with E-state index in [9.17, 15) is 0 Å². The third-order valence-electron chi connectivity index (χ3n) is 11.4. The SMILES string of the molecule is CC1(C)c2ccccc2-c2ccc(-n3c4ccc(-c5cccc(-c6ccccc6)c5)cc4c4c5ccccc5c5c6ccccc6sc5c43)cc21. The van der Waals surface area contributed by atoms with Gasteiger partial charge in [0.05, 0.1) is 15.7 Å². The van der Waals surface area contributed by atoms with Gasteiger partial charge in [0.1, 0.15) is 0 Å². The maximum absolute atomic E-state index is 2.57. The third kappa shape index (κ3) is 4.03. The van der Waals surface area contributed by atoms with Gasteiger partial charge in [-0.1, -0.05) is 141 Å². The second-order valence-electron chi connectivity index (χ2n) is 14.5. The summed E-state index contributed by atoms with van der Waals surface area (Å²) in [5, 5.41) is 7.91. The largest absolute Gasteiger partial charge is 0.308 e. The van der Waals surface area contributed by atoms with E-state index >= 15 is 0 Å². The van der Waals surface area contributed by atoms with Crippen molar-refractivity contribution < 1.29 is 0 Å². The number of hydrogen-bond acceptors (Lipinski definition) is 1. The molecule has 11 rings (SSSR count). The third-order valence-corrected chi connectivity index (χ3v) is 12.5. The van der Waals surface area contributed by atoms with Crippen molar-refractivity contribution in [3.05, 3.63) is 175 Å². The average Bonchev–Trinajstić information content (AvgIpc) is 3.81. The van der Waals surface area contributed by atoms with E-state index < -0.39 is 0 Å². The molecule has 1 aliphatic carbocycles. The van der Waals surface area contributed by atoms with Crippen molar-refractivity contribution in [2.75, 3.05) is 0 Å². The van der Waals surface area contributed by atoms with Gasteiger partial charge in [-0.25, -0.2) is 0 Å². The molecule has 0 unspecified atom stereocenters. The Hall–Kier alpha value is -5.96. The molecule has 1 nitrogen and oxygen atoms in total. The summed E-state index contributed by atoms with van der Waals surface area (Å²) < 4.78 is 5.24. The van der Waals surface area contributed by atoms with Crippen LogP contribution >= 0.6 is 11.3 Å². The number of benzene rings is 8. The molecule has 8 aromatic carbocycles. The summed E-state index contributed by atoms with van der Waals surface area (Å²) in [7, 11) is 0. The van der Waals surface area contributed by atoms with E-state index in [2.05, 4.69) is 182 Å². The van der Waals surface area contributed by atoms with Gasteiger partial charge in [0.2, 0.25) is 0 Å². The molecule has 10 aromatic rings. The lowest BCUT2D eigenvalue weighted by atomic mass is 9.82. The highest BCUT2D eigenvalue weighted by atomic mass is 32.1. The predicted molar refractivity (Wildman–Crippen MR) is 220 cm³/mol. The number of rotatable bonds is 3. The van der Waals surface area contributed by atoms with Crippen molar-refractivity contribution in [3.8, 4) is 39.1 Å². The van der Waals surface area contributed by atoms with Crippen LogP contribution in [0.3, 0.4) is 0 Å². The Kier molecular flexibility index (Phi) is 5.95. The fourth-order valence-electron chi connectivity index (χ4n) is 8.97. The molecule has 2 aromatic heterocycles. The van der Waals surface area contributed by atoms with Gasteiger partial charge in [-0.2, -0.15) is 0 Å². The molecule has 0 bridgehead atoms. The summed E-state index contributed by atoms with van der Waals surface area (Å²) in [5.74, 6) is 0. The molecule has 2 heteroatoms. The van der Waals surface area contributed by atoms with E-state index in [0.29, 0.717) is 0 Å². The first-order chi connectivity index (χ1) is 25.1. The summed E-state index contributed by atoms with van der Waals surface area (Å²) in [5.41, 5.74) is 14.1.